The number of rotatable bonds is 5. The van der Waals surface area contributed by atoms with Crippen LogP contribution >= 0.6 is 11.3 Å². The summed E-state index contributed by atoms with van der Waals surface area (Å²) in [6, 6.07) is 28.6. The van der Waals surface area contributed by atoms with E-state index in [9.17, 15) is 4.79 Å². The van der Waals surface area contributed by atoms with Gasteiger partial charge in [-0.1, -0.05) is 90.2 Å². The van der Waals surface area contributed by atoms with Gasteiger partial charge in [-0.3, -0.25) is 4.79 Å². The summed E-state index contributed by atoms with van der Waals surface area (Å²) < 4.78 is 1.66. The summed E-state index contributed by atoms with van der Waals surface area (Å²) >= 11 is 1.22. The zero-order valence-corrected chi connectivity index (χ0v) is 16.6. The van der Waals surface area contributed by atoms with Crippen LogP contribution in [0, 0.1) is 0 Å². The first-order chi connectivity index (χ1) is 14.2. The van der Waals surface area contributed by atoms with Crippen LogP contribution in [0.25, 0.3) is 5.69 Å². The number of hydrogen-bond acceptors (Lipinski definition) is 5. The maximum absolute atomic E-state index is 12.9. The lowest BCUT2D eigenvalue weighted by Crippen LogP contribution is -2.14. The van der Waals surface area contributed by atoms with E-state index in [4.69, 9.17) is 0 Å². The molecule has 0 bridgehead atoms. The Hall–Kier alpha value is -3.64. The highest BCUT2D eigenvalue weighted by molar-refractivity contribution is 7.11. The molecule has 5 nitrogen and oxygen atoms in total. The molecule has 4 aromatic rings. The van der Waals surface area contributed by atoms with E-state index in [0.717, 1.165) is 17.0 Å². The lowest BCUT2D eigenvalue weighted by Gasteiger charge is -2.00. The monoisotopic (exact) mass is 398 g/mol. The van der Waals surface area contributed by atoms with E-state index < -0.39 is 0 Å². The quantitative estimate of drug-likeness (QED) is 0.282. The second kappa shape index (κ2) is 8.58. The summed E-state index contributed by atoms with van der Waals surface area (Å²) in [5.74, 6) is -0.134. The van der Waals surface area contributed by atoms with Gasteiger partial charge in [0.05, 0.1) is 11.4 Å². The van der Waals surface area contributed by atoms with E-state index in [1.54, 1.807) is 16.8 Å². The van der Waals surface area contributed by atoms with Crippen molar-refractivity contribution in [2.24, 2.45) is 10.2 Å². The first-order valence-corrected chi connectivity index (χ1v) is 9.93. The van der Waals surface area contributed by atoms with Crippen molar-refractivity contribution in [3.8, 4) is 5.69 Å². The van der Waals surface area contributed by atoms with E-state index in [1.165, 1.54) is 11.3 Å². The molecule has 3 aromatic carbocycles. The third-order valence-electron chi connectivity index (χ3n) is 4.27. The Bertz CT molecular complexity index is 1210. The molecule has 6 heteroatoms. The van der Waals surface area contributed by atoms with Crippen molar-refractivity contribution in [3.05, 3.63) is 112 Å². The Morgan fingerprint density at radius 3 is 2.00 bits per heavy atom. The van der Waals surface area contributed by atoms with Gasteiger partial charge in [-0.05, 0) is 24.6 Å². The lowest BCUT2D eigenvalue weighted by molar-refractivity contribution is 0.103. The summed E-state index contributed by atoms with van der Waals surface area (Å²) in [4.78, 5) is 13.4. The van der Waals surface area contributed by atoms with Gasteiger partial charge in [-0.2, -0.15) is 10.2 Å². The summed E-state index contributed by atoms with van der Waals surface area (Å²) in [5, 5.41) is 13.7. The van der Waals surface area contributed by atoms with Gasteiger partial charge < -0.3 is 0 Å². The average molecular weight is 398 g/mol. The average Bonchev–Trinajstić information content (AvgIpc) is 3.23. The van der Waals surface area contributed by atoms with Crippen LogP contribution in [0.2, 0.25) is 0 Å². The molecule has 0 saturated carbocycles. The molecule has 0 aliphatic carbocycles. The second-order valence-electron chi connectivity index (χ2n) is 6.28. The molecule has 0 unspecified atom stereocenters. The molecule has 0 aliphatic rings. The largest absolute Gasteiger partial charge is 0.286 e. The topological polar surface area (TPSA) is 59.6 Å². The number of hydrogen-bond donors (Lipinski definition) is 0. The number of carbonyl (C=O) groups excluding carboxylic acids is 1. The van der Waals surface area contributed by atoms with Gasteiger partial charge in [-0.15, -0.1) is 5.10 Å². The highest BCUT2D eigenvalue weighted by Crippen LogP contribution is 2.12. The normalized spacial score (nSPS) is 12.2. The van der Waals surface area contributed by atoms with Crippen LogP contribution in [0.15, 0.2) is 101 Å². The first-order valence-electron chi connectivity index (χ1n) is 9.11. The highest BCUT2D eigenvalue weighted by Gasteiger charge is 2.16. The van der Waals surface area contributed by atoms with E-state index in [1.807, 2.05) is 85.8 Å². The molecule has 0 fully saturated rings. The number of ketones is 1. The van der Waals surface area contributed by atoms with Crippen LogP contribution in [0.4, 0.5) is 0 Å². The first kappa shape index (κ1) is 18.7. The Kier molecular flexibility index (Phi) is 5.54. The van der Waals surface area contributed by atoms with Gasteiger partial charge in [0.25, 0.3) is 0 Å². The molecule has 0 aliphatic heterocycles. The molecule has 29 heavy (non-hydrogen) atoms. The molecule has 0 atom stereocenters. The van der Waals surface area contributed by atoms with Crippen LogP contribution in [0.5, 0.6) is 0 Å². The fourth-order valence-electron chi connectivity index (χ4n) is 2.74. The zero-order valence-electron chi connectivity index (χ0n) is 15.8. The molecule has 0 saturated heterocycles. The third kappa shape index (κ3) is 4.28. The van der Waals surface area contributed by atoms with Gasteiger partial charge in [0.15, 0.2) is 5.01 Å². The van der Waals surface area contributed by atoms with E-state index in [2.05, 4.69) is 15.3 Å². The Balaban J connectivity index is 1.80. The standard InChI is InChI=1S/C23H18N4OS/c1-17(18-11-5-2-6-12-18)24-25-23-27(20-15-9-4-10-16-20)26-22(29-23)21(28)19-13-7-3-8-14-19/h2-16H,1H3/b24-17+,25-23+. The van der Waals surface area contributed by atoms with Gasteiger partial charge in [0.2, 0.25) is 10.6 Å². The van der Waals surface area contributed by atoms with Gasteiger partial charge >= 0.3 is 0 Å². The van der Waals surface area contributed by atoms with Crippen LogP contribution in [-0.2, 0) is 0 Å². The van der Waals surface area contributed by atoms with Crippen molar-refractivity contribution in [1.29, 1.82) is 0 Å². The molecular weight excluding hydrogens is 380 g/mol. The number of para-hydroxylation sites is 1. The van der Waals surface area contributed by atoms with Crippen LogP contribution in [0.1, 0.15) is 27.9 Å². The molecule has 1 aromatic heterocycles. The van der Waals surface area contributed by atoms with Crippen molar-refractivity contribution in [2.45, 2.75) is 6.92 Å². The van der Waals surface area contributed by atoms with Crippen molar-refractivity contribution in [2.75, 3.05) is 0 Å². The highest BCUT2D eigenvalue weighted by atomic mass is 32.1. The van der Waals surface area contributed by atoms with Crippen molar-refractivity contribution in [1.82, 2.24) is 9.78 Å². The molecule has 0 radical (unpaired) electrons. The van der Waals surface area contributed by atoms with Gasteiger partial charge in [-0.25, -0.2) is 4.68 Å². The number of benzene rings is 3. The van der Waals surface area contributed by atoms with E-state index in [0.29, 0.717) is 15.4 Å². The second-order valence-corrected chi connectivity index (χ2v) is 7.24. The Morgan fingerprint density at radius 1 is 0.828 bits per heavy atom. The fourth-order valence-corrected chi connectivity index (χ4v) is 3.56. The van der Waals surface area contributed by atoms with Crippen molar-refractivity contribution < 1.29 is 4.79 Å². The fraction of sp³-hybridized carbons (Fsp3) is 0.0435. The van der Waals surface area contributed by atoms with E-state index >= 15 is 0 Å². The maximum atomic E-state index is 12.9. The number of aromatic nitrogens is 2. The zero-order chi connectivity index (χ0) is 20.1. The van der Waals surface area contributed by atoms with E-state index in [-0.39, 0.29) is 5.78 Å². The van der Waals surface area contributed by atoms with Crippen molar-refractivity contribution in [3.63, 3.8) is 0 Å². The lowest BCUT2D eigenvalue weighted by atomic mass is 10.1. The van der Waals surface area contributed by atoms with Gasteiger partial charge in [0, 0.05) is 5.56 Å². The number of nitrogens with zero attached hydrogens (tertiary/aromatic N) is 4. The Morgan fingerprint density at radius 2 is 1.38 bits per heavy atom. The van der Waals surface area contributed by atoms with Crippen molar-refractivity contribution >= 4 is 22.8 Å². The molecule has 1 heterocycles. The summed E-state index contributed by atoms with van der Waals surface area (Å²) in [5.41, 5.74) is 3.20. The predicted octanol–water partition coefficient (Wildman–Crippen LogP) is 4.49. The van der Waals surface area contributed by atoms with Crippen LogP contribution in [-0.4, -0.2) is 21.3 Å². The molecule has 0 amide bonds. The third-order valence-corrected chi connectivity index (χ3v) is 5.17. The minimum atomic E-state index is -0.134. The SMILES string of the molecule is C/C(=N\N=c1\sc(C(=O)c2ccccc2)nn1-c1ccccc1)c1ccccc1. The molecule has 0 spiro atoms. The molecular formula is C23H18N4OS. The smallest absolute Gasteiger partial charge is 0.233 e. The summed E-state index contributed by atoms with van der Waals surface area (Å²) in [6.45, 7) is 1.91. The van der Waals surface area contributed by atoms with Gasteiger partial charge in [0.1, 0.15) is 0 Å². The van der Waals surface area contributed by atoms with Crippen LogP contribution < -0.4 is 4.80 Å². The van der Waals surface area contributed by atoms with Crippen LogP contribution in [0.3, 0.4) is 0 Å². The molecule has 0 N–H and O–H groups in total. The molecule has 4 rings (SSSR count). The Labute approximate surface area is 172 Å². The minimum Gasteiger partial charge on any atom is -0.286 e. The summed E-state index contributed by atoms with van der Waals surface area (Å²) in [7, 11) is 0. The minimum absolute atomic E-state index is 0.134. The maximum Gasteiger partial charge on any atom is 0.233 e. The molecule has 142 valence electrons. The predicted molar refractivity (Wildman–Crippen MR) is 116 cm³/mol. The number of carbonyl (C=O) groups is 1. The summed E-state index contributed by atoms with van der Waals surface area (Å²) in [6.07, 6.45) is 0.